The summed E-state index contributed by atoms with van der Waals surface area (Å²) in [6, 6.07) is 6.89. The molecule has 6 rings (SSSR count). The van der Waals surface area contributed by atoms with Crippen molar-refractivity contribution in [2.24, 2.45) is 5.92 Å². The van der Waals surface area contributed by atoms with Gasteiger partial charge in [-0.1, -0.05) is 24.3 Å². The molecule has 0 bridgehead atoms. The molecular weight excluding hydrogens is 550 g/mol. The Morgan fingerprint density at radius 1 is 1.12 bits per heavy atom. The zero-order valence-corrected chi connectivity index (χ0v) is 25.0. The Morgan fingerprint density at radius 3 is 2.51 bits per heavy atom. The molecule has 0 aliphatic carbocycles. The van der Waals surface area contributed by atoms with Crippen molar-refractivity contribution < 1.29 is 18.7 Å². The number of nitrogens with zero attached hydrogens (tertiary/aromatic N) is 6. The number of amides is 2. The van der Waals surface area contributed by atoms with Gasteiger partial charge in [0.05, 0.1) is 22.4 Å². The van der Waals surface area contributed by atoms with Crippen LogP contribution in [0.4, 0.5) is 10.6 Å². The predicted octanol–water partition coefficient (Wildman–Crippen LogP) is 3.92. The van der Waals surface area contributed by atoms with Crippen molar-refractivity contribution in [3.8, 4) is 0 Å². The first-order valence-electron chi connectivity index (χ1n) is 14.4. The Hall–Kier alpha value is -4.74. The van der Waals surface area contributed by atoms with Crippen LogP contribution >= 0.6 is 0 Å². The molecule has 4 aromatic rings. The van der Waals surface area contributed by atoms with E-state index in [1.807, 2.05) is 63.8 Å². The van der Waals surface area contributed by atoms with Crippen molar-refractivity contribution in [2.75, 3.05) is 31.9 Å². The Morgan fingerprint density at radius 2 is 1.84 bits per heavy atom. The average Bonchev–Trinajstić information content (AvgIpc) is 3.28. The van der Waals surface area contributed by atoms with Crippen molar-refractivity contribution >= 4 is 45.2 Å². The van der Waals surface area contributed by atoms with Crippen LogP contribution in [0.15, 0.2) is 45.9 Å². The van der Waals surface area contributed by atoms with E-state index in [-0.39, 0.29) is 11.8 Å². The molecule has 1 unspecified atom stereocenters. The third-order valence-electron chi connectivity index (χ3n) is 8.03. The second-order valence-electron chi connectivity index (χ2n) is 12.2. The number of nitrogens with two attached hydrogens (primary N) is 1. The van der Waals surface area contributed by atoms with Crippen molar-refractivity contribution in [3.63, 3.8) is 0 Å². The van der Waals surface area contributed by atoms with Gasteiger partial charge in [-0.2, -0.15) is 5.10 Å². The quantitative estimate of drug-likeness (QED) is 0.376. The smallest absolute Gasteiger partial charge is 0.410 e. The van der Waals surface area contributed by atoms with Gasteiger partial charge in [-0.15, -0.1) is 0 Å². The molecule has 0 radical (unpaired) electrons. The van der Waals surface area contributed by atoms with Crippen LogP contribution in [-0.4, -0.2) is 73.3 Å². The molecule has 3 aromatic heterocycles. The molecule has 1 fully saturated rings. The minimum atomic E-state index is -0.582. The zero-order chi connectivity index (χ0) is 30.6. The maximum atomic E-state index is 13.3. The van der Waals surface area contributed by atoms with Gasteiger partial charge in [0.2, 0.25) is 5.91 Å². The molecule has 224 valence electrons. The number of benzene rings is 1. The Balaban J connectivity index is 1.30. The monoisotopic (exact) mass is 585 g/mol. The molecule has 2 amide bonds. The third-order valence-corrected chi connectivity index (χ3v) is 8.03. The van der Waals surface area contributed by atoms with E-state index in [1.54, 1.807) is 15.6 Å². The molecule has 12 nitrogen and oxygen atoms in total. The number of rotatable bonds is 4. The average molecular weight is 586 g/mol. The molecule has 12 heteroatoms. The molecule has 5 heterocycles. The number of likely N-dealkylation sites (tertiary alicyclic amines) is 1. The summed E-state index contributed by atoms with van der Waals surface area (Å²) in [6.45, 7) is 10.8. The van der Waals surface area contributed by atoms with E-state index in [0.29, 0.717) is 66.3 Å². The highest BCUT2D eigenvalue weighted by molar-refractivity contribution is 5.95. The second-order valence-corrected chi connectivity index (χ2v) is 12.2. The number of aromatic nitrogens is 4. The fraction of sp³-hybridized carbons (Fsp3) is 0.419. The number of anilines is 1. The second kappa shape index (κ2) is 10.5. The van der Waals surface area contributed by atoms with Crippen molar-refractivity contribution in [2.45, 2.75) is 52.7 Å². The van der Waals surface area contributed by atoms with E-state index in [1.165, 1.54) is 6.33 Å². The molecule has 2 aliphatic rings. The van der Waals surface area contributed by atoms with E-state index < -0.39 is 23.4 Å². The minimum Gasteiger partial charge on any atom is -0.444 e. The van der Waals surface area contributed by atoms with Gasteiger partial charge in [0.15, 0.2) is 5.65 Å². The summed E-state index contributed by atoms with van der Waals surface area (Å²) in [6.07, 6.45) is 3.59. The number of aryl methyl sites for hydroxylation is 1. The van der Waals surface area contributed by atoms with Crippen LogP contribution in [0.3, 0.4) is 0 Å². The van der Waals surface area contributed by atoms with Gasteiger partial charge in [0.1, 0.15) is 29.5 Å². The number of nitrogen functional groups attached to an aromatic ring is 1. The summed E-state index contributed by atoms with van der Waals surface area (Å²) < 4.78 is 13.2. The lowest BCUT2D eigenvalue weighted by Gasteiger charge is -2.41. The molecule has 43 heavy (non-hydrogen) atoms. The molecule has 1 aromatic carbocycles. The Labute approximate surface area is 248 Å². The zero-order valence-electron chi connectivity index (χ0n) is 25.0. The molecular formula is C31H35N7O5. The maximum absolute atomic E-state index is 13.3. The van der Waals surface area contributed by atoms with Gasteiger partial charge < -0.3 is 24.7 Å². The van der Waals surface area contributed by atoms with Crippen LogP contribution in [0, 0.1) is 12.8 Å². The molecule has 1 atom stereocenters. The van der Waals surface area contributed by atoms with E-state index in [4.69, 9.17) is 20.0 Å². The van der Waals surface area contributed by atoms with E-state index in [9.17, 15) is 14.4 Å². The lowest BCUT2D eigenvalue weighted by molar-refractivity contribution is -0.140. The summed E-state index contributed by atoms with van der Waals surface area (Å²) >= 11 is 0. The topological polar surface area (TPSA) is 150 Å². The lowest BCUT2D eigenvalue weighted by Crippen LogP contribution is -2.57. The number of fused-ring (bicyclic) bond motifs is 2. The van der Waals surface area contributed by atoms with E-state index >= 15 is 0 Å². The van der Waals surface area contributed by atoms with Crippen LogP contribution < -0.4 is 11.4 Å². The normalized spacial score (nSPS) is 16.7. The van der Waals surface area contributed by atoms with Gasteiger partial charge in [-0.05, 0) is 58.1 Å². The number of hydrogen-bond donors (Lipinski definition) is 1. The van der Waals surface area contributed by atoms with Gasteiger partial charge >= 0.3 is 11.7 Å². The largest absolute Gasteiger partial charge is 0.444 e. The molecule has 2 N–H and O–H groups in total. The highest BCUT2D eigenvalue weighted by atomic mass is 16.6. The SMILES string of the molecule is Cc1nn(C(C)c2oc(=O)c3ccccc3c2C2=CCN(C(=O)C3CN(C(=O)OC(C)(C)C)C3)CC2)c2ncnc(N)c12. The summed E-state index contributed by atoms with van der Waals surface area (Å²) in [5.74, 6) is 0.563. The lowest BCUT2D eigenvalue weighted by atomic mass is 9.91. The highest BCUT2D eigenvalue weighted by Crippen LogP contribution is 2.37. The molecule has 0 saturated carbocycles. The summed E-state index contributed by atoms with van der Waals surface area (Å²) in [4.78, 5) is 50.6. The first-order valence-corrected chi connectivity index (χ1v) is 14.4. The fourth-order valence-corrected chi connectivity index (χ4v) is 5.86. The first kappa shape index (κ1) is 28.4. The van der Waals surface area contributed by atoms with Crippen LogP contribution in [0.2, 0.25) is 0 Å². The van der Waals surface area contributed by atoms with E-state index in [0.717, 1.165) is 16.5 Å². The summed E-state index contributed by atoms with van der Waals surface area (Å²) in [5, 5.41) is 6.62. The Kier molecular flexibility index (Phi) is 6.94. The summed E-state index contributed by atoms with van der Waals surface area (Å²) in [7, 11) is 0. The van der Waals surface area contributed by atoms with Crippen molar-refractivity contribution in [3.05, 3.63) is 64.1 Å². The number of carbonyl (C=O) groups is 2. The van der Waals surface area contributed by atoms with E-state index in [2.05, 4.69) is 9.97 Å². The van der Waals surface area contributed by atoms with Gasteiger partial charge in [0.25, 0.3) is 0 Å². The van der Waals surface area contributed by atoms with Gasteiger partial charge in [-0.25, -0.2) is 24.2 Å². The fourth-order valence-electron chi connectivity index (χ4n) is 5.86. The highest BCUT2D eigenvalue weighted by Gasteiger charge is 2.40. The van der Waals surface area contributed by atoms with Crippen LogP contribution in [-0.2, 0) is 9.53 Å². The molecule has 1 saturated heterocycles. The molecule has 0 spiro atoms. The van der Waals surface area contributed by atoms with Crippen LogP contribution in [0.5, 0.6) is 0 Å². The minimum absolute atomic E-state index is 0.0175. The van der Waals surface area contributed by atoms with Crippen LogP contribution in [0.25, 0.3) is 27.4 Å². The first-order chi connectivity index (χ1) is 20.4. The van der Waals surface area contributed by atoms with Gasteiger partial charge in [0, 0.05) is 31.7 Å². The Bertz CT molecular complexity index is 1850. The predicted molar refractivity (Wildman–Crippen MR) is 161 cm³/mol. The number of carbonyl (C=O) groups excluding carboxylic acids is 2. The van der Waals surface area contributed by atoms with Crippen LogP contribution in [0.1, 0.15) is 57.2 Å². The van der Waals surface area contributed by atoms with Crippen molar-refractivity contribution in [1.29, 1.82) is 0 Å². The summed E-state index contributed by atoms with van der Waals surface area (Å²) in [5.41, 5.74) is 8.14. The van der Waals surface area contributed by atoms with Gasteiger partial charge in [-0.3, -0.25) is 4.79 Å². The standard InChI is InChI=1S/C31H35N7O5/c1-17-23-26(32)33-16-34-27(23)38(35-17)18(2)25-24(21-8-6-7-9-22(21)29(40)42-25)19-10-12-36(13-11-19)28(39)20-14-37(15-20)30(41)43-31(3,4)5/h6-10,16,18,20H,11-15H2,1-5H3,(H2,32,33,34). The third kappa shape index (κ3) is 5.10. The maximum Gasteiger partial charge on any atom is 0.410 e. The number of hydrogen-bond acceptors (Lipinski definition) is 9. The number of ether oxygens (including phenoxy) is 1. The van der Waals surface area contributed by atoms with Crippen molar-refractivity contribution in [1.82, 2.24) is 29.5 Å². The molecule has 2 aliphatic heterocycles.